The normalized spacial score (nSPS) is 16.8. The van der Waals surface area contributed by atoms with Gasteiger partial charge in [-0.25, -0.2) is 0 Å². The van der Waals surface area contributed by atoms with Gasteiger partial charge in [0.25, 0.3) is 5.91 Å². The second-order valence-corrected chi connectivity index (χ2v) is 9.22. The fourth-order valence-electron chi connectivity index (χ4n) is 3.24. The molecule has 0 saturated carbocycles. The molecule has 1 amide bonds. The van der Waals surface area contributed by atoms with E-state index >= 15 is 0 Å². The van der Waals surface area contributed by atoms with Crippen LogP contribution in [0.25, 0.3) is 6.08 Å². The lowest BCUT2D eigenvalue weighted by Gasteiger charge is -2.13. The molecule has 0 aliphatic carbocycles. The third-order valence-electron chi connectivity index (χ3n) is 4.94. The topological polar surface area (TPSA) is 50.4 Å². The van der Waals surface area contributed by atoms with Gasteiger partial charge in [-0.05, 0) is 53.5 Å². The van der Waals surface area contributed by atoms with Crippen LogP contribution in [0.1, 0.15) is 23.6 Å². The highest BCUT2D eigenvalue weighted by atomic mass is 35.5. The average Bonchev–Trinajstić information content (AvgIpc) is 3.12. The van der Waals surface area contributed by atoms with Crippen LogP contribution in [0.2, 0.25) is 10.0 Å². The van der Waals surface area contributed by atoms with Gasteiger partial charge in [0.05, 0.1) is 15.0 Å². The Morgan fingerprint density at radius 1 is 1.03 bits per heavy atom. The summed E-state index contributed by atoms with van der Waals surface area (Å²) in [4.78, 5) is 13.0. The molecule has 4 nitrogen and oxygen atoms in total. The monoisotopic (exact) mass is 484 g/mol. The van der Waals surface area contributed by atoms with Crippen molar-refractivity contribution in [1.82, 2.24) is 5.32 Å². The van der Waals surface area contributed by atoms with E-state index in [0.717, 1.165) is 23.2 Å². The summed E-state index contributed by atoms with van der Waals surface area (Å²) >= 11 is 14.3. The van der Waals surface area contributed by atoms with Crippen molar-refractivity contribution in [2.45, 2.75) is 25.4 Å². The molecule has 7 heteroatoms. The molecule has 0 bridgehead atoms. The molecule has 1 atom stereocenters. The van der Waals surface area contributed by atoms with Gasteiger partial charge in [-0.15, -0.1) is 0 Å². The van der Waals surface area contributed by atoms with E-state index in [1.54, 1.807) is 18.2 Å². The average molecular weight is 485 g/mol. The molecule has 1 heterocycles. The smallest absolute Gasteiger partial charge is 0.260 e. The molecule has 164 valence electrons. The minimum atomic E-state index is -0.249. The zero-order valence-electron chi connectivity index (χ0n) is 17.4. The van der Waals surface area contributed by atoms with Gasteiger partial charge in [-0.1, -0.05) is 84.4 Å². The first-order valence-electron chi connectivity index (χ1n) is 10.2. The van der Waals surface area contributed by atoms with Crippen LogP contribution >= 0.6 is 35.0 Å². The van der Waals surface area contributed by atoms with Crippen molar-refractivity contribution in [2.24, 2.45) is 0 Å². The fraction of sp³-hybridized carbons (Fsp3) is 0.160. The van der Waals surface area contributed by atoms with Crippen molar-refractivity contribution < 1.29 is 9.53 Å². The summed E-state index contributed by atoms with van der Waals surface area (Å²) in [5.74, 6) is 0.284. The summed E-state index contributed by atoms with van der Waals surface area (Å²) in [6.45, 7) is 2.48. The van der Waals surface area contributed by atoms with E-state index in [2.05, 4.69) is 29.7 Å². The van der Waals surface area contributed by atoms with E-state index in [1.807, 2.05) is 42.5 Å². The van der Waals surface area contributed by atoms with Gasteiger partial charge in [0, 0.05) is 5.69 Å². The van der Waals surface area contributed by atoms with Crippen molar-refractivity contribution in [1.29, 1.82) is 0 Å². The number of nitrogens with one attached hydrogen (secondary N) is 2. The molecule has 1 saturated heterocycles. The Bertz CT molecular complexity index is 1110. The van der Waals surface area contributed by atoms with Gasteiger partial charge in [-0.3, -0.25) is 4.79 Å². The van der Waals surface area contributed by atoms with Crippen LogP contribution in [-0.4, -0.2) is 11.4 Å². The molecule has 0 radical (unpaired) electrons. The summed E-state index contributed by atoms with van der Waals surface area (Å²) in [5, 5.41) is 7.05. The maximum Gasteiger partial charge on any atom is 0.260 e. The van der Waals surface area contributed by atoms with Crippen molar-refractivity contribution >= 4 is 52.6 Å². The third kappa shape index (κ3) is 5.60. The minimum absolute atomic E-state index is 0.144. The Morgan fingerprint density at radius 2 is 1.72 bits per heavy atom. The van der Waals surface area contributed by atoms with Crippen LogP contribution < -0.4 is 15.4 Å². The van der Waals surface area contributed by atoms with Gasteiger partial charge in [0.2, 0.25) is 0 Å². The largest absolute Gasteiger partial charge is 0.486 e. The van der Waals surface area contributed by atoms with Crippen LogP contribution in [0.5, 0.6) is 5.75 Å². The van der Waals surface area contributed by atoms with Crippen molar-refractivity contribution in [3.05, 3.63) is 98.4 Å². The number of rotatable bonds is 7. The van der Waals surface area contributed by atoms with Gasteiger partial charge >= 0.3 is 0 Å². The molecule has 0 unspecified atom stereocenters. The number of anilines is 1. The Kier molecular flexibility index (Phi) is 7.30. The Labute approximate surface area is 202 Å². The highest BCUT2D eigenvalue weighted by molar-refractivity contribution is 8.05. The second-order valence-electron chi connectivity index (χ2n) is 7.26. The maximum atomic E-state index is 12.4. The van der Waals surface area contributed by atoms with E-state index in [0.29, 0.717) is 27.3 Å². The lowest BCUT2D eigenvalue weighted by Crippen LogP contribution is -2.30. The Morgan fingerprint density at radius 3 is 2.38 bits per heavy atom. The predicted octanol–water partition coefficient (Wildman–Crippen LogP) is 6.73. The fourth-order valence-corrected chi connectivity index (χ4v) is 4.83. The standard InChI is InChI=1S/C25H22Cl2N2O2S/c1-2-16-8-10-19(11-9-16)28-25-29-24(30)22(32-25)14-18-12-20(26)23(21(27)13-18)31-15-17-6-4-3-5-7-17/h3-14,25,28H,2,15H2,1H3,(H,29,30)/b22-14-/t25-/m1/s1. The Hall–Kier alpha value is -2.60. The number of ether oxygens (including phenoxy) is 1. The van der Waals surface area contributed by atoms with E-state index in [1.165, 1.54) is 17.3 Å². The first-order chi connectivity index (χ1) is 15.5. The van der Waals surface area contributed by atoms with Gasteiger partial charge in [0.1, 0.15) is 6.61 Å². The number of hydrogen-bond donors (Lipinski definition) is 2. The third-order valence-corrected chi connectivity index (χ3v) is 6.53. The SMILES string of the molecule is CCc1ccc(N[C@@H]2NC(=O)/C(=C/c3cc(Cl)c(OCc4ccccc4)c(Cl)c3)S2)cc1. The predicted molar refractivity (Wildman–Crippen MR) is 134 cm³/mol. The van der Waals surface area contributed by atoms with E-state index < -0.39 is 0 Å². The number of amides is 1. The highest BCUT2D eigenvalue weighted by Crippen LogP contribution is 2.37. The number of benzene rings is 3. The molecule has 3 aromatic carbocycles. The number of hydrogen-bond acceptors (Lipinski definition) is 4. The molecule has 32 heavy (non-hydrogen) atoms. The summed E-state index contributed by atoms with van der Waals surface area (Å²) in [7, 11) is 0. The van der Waals surface area contributed by atoms with Gasteiger partial charge in [-0.2, -0.15) is 0 Å². The molecule has 0 aromatic heterocycles. The number of halogens is 2. The van der Waals surface area contributed by atoms with E-state index in [-0.39, 0.29) is 11.4 Å². The lowest BCUT2D eigenvalue weighted by molar-refractivity contribution is -0.116. The first kappa shape index (κ1) is 22.6. The molecule has 1 aliphatic heterocycles. The minimum Gasteiger partial charge on any atom is -0.486 e. The van der Waals surface area contributed by atoms with Gasteiger partial charge < -0.3 is 15.4 Å². The van der Waals surface area contributed by atoms with Crippen molar-refractivity contribution in [3.63, 3.8) is 0 Å². The number of carbonyl (C=O) groups excluding carboxylic acids is 1. The lowest BCUT2D eigenvalue weighted by atomic mass is 10.1. The molecule has 3 aromatic rings. The molecule has 4 rings (SSSR count). The van der Waals surface area contributed by atoms with E-state index in [4.69, 9.17) is 27.9 Å². The Balaban J connectivity index is 1.44. The number of aryl methyl sites for hydroxylation is 1. The summed E-state index contributed by atoms with van der Waals surface area (Å²) in [6, 6.07) is 21.5. The zero-order chi connectivity index (χ0) is 22.5. The van der Waals surface area contributed by atoms with Gasteiger partial charge in [0.15, 0.2) is 11.2 Å². The molecule has 1 aliphatic rings. The molecule has 0 spiro atoms. The number of carbonyl (C=O) groups is 1. The summed E-state index contributed by atoms with van der Waals surface area (Å²) in [5.41, 5.74) is 3.72. The first-order valence-corrected chi connectivity index (χ1v) is 11.9. The molecule has 1 fully saturated rings. The van der Waals surface area contributed by atoms with Crippen molar-refractivity contribution in [2.75, 3.05) is 5.32 Å². The molecule has 2 N–H and O–H groups in total. The molecular weight excluding hydrogens is 463 g/mol. The quantitative estimate of drug-likeness (QED) is 0.364. The van der Waals surface area contributed by atoms with Crippen molar-refractivity contribution in [3.8, 4) is 5.75 Å². The second kappa shape index (κ2) is 10.3. The number of thioether (sulfide) groups is 1. The van der Waals surface area contributed by atoms with Crippen LogP contribution in [0.15, 0.2) is 71.6 Å². The van der Waals surface area contributed by atoms with Crippen LogP contribution in [0, 0.1) is 0 Å². The molecular formula is C25H22Cl2N2O2S. The maximum absolute atomic E-state index is 12.4. The van der Waals surface area contributed by atoms with Crippen LogP contribution in [0.3, 0.4) is 0 Å². The summed E-state index contributed by atoms with van der Waals surface area (Å²) < 4.78 is 5.82. The zero-order valence-corrected chi connectivity index (χ0v) is 19.7. The summed E-state index contributed by atoms with van der Waals surface area (Å²) in [6.07, 6.45) is 2.77. The van der Waals surface area contributed by atoms with Crippen LogP contribution in [0.4, 0.5) is 5.69 Å². The van der Waals surface area contributed by atoms with E-state index in [9.17, 15) is 4.79 Å². The highest BCUT2D eigenvalue weighted by Gasteiger charge is 2.27. The van der Waals surface area contributed by atoms with Crippen LogP contribution in [-0.2, 0) is 17.8 Å².